The average Bonchev–Trinajstić information content (AvgIpc) is 2.46. The van der Waals surface area contributed by atoms with Crippen molar-refractivity contribution in [1.29, 1.82) is 0 Å². The van der Waals surface area contributed by atoms with Gasteiger partial charge in [0.05, 0.1) is 4.92 Å². The lowest BCUT2D eigenvalue weighted by Crippen LogP contribution is -2.19. The topological polar surface area (TPSA) is 61.6 Å². The normalized spacial score (nSPS) is 11.0. The van der Waals surface area contributed by atoms with Gasteiger partial charge in [-0.15, -0.1) is 0 Å². The molecule has 0 aliphatic heterocycles. The van der Waals surface area contributed by atoms with Gasteiger partial charge in [-0.1, -0.05) is 0 Å². The maximum absolute atomic E-state index is 12.0. The number of non-ortho nitro benzene ring substituents is 1. The highest BCUT2D eigenvalue weighted by atomic mass is 19.4. The molecule has 0 heterocycles. The first-order valence-electron chi connectivity index (χ1n) is 6.05. The first-order valence-corrected chi connectivity index (χ1v) is 6.05. The summed E-state index contributed by atoms with van der Waals surface area (Å²) in [4.78, 5) is 9.98. The molecule has 5 nitrogen and oxygen atoms in total. The van der Waals surface area contributed by atoms with Crippen LogP contribution in [0.3, 0.4) is 0 Å². The molecule has 0 atom stereocenters. The lowest BCUT2D eigenvalue weighted by atomic mass is 10.3. The standard InChI is InChI=1S/C14H10F3NO4/c15-14(16,17)9-21-11-5-7-13(8-6-11)22-12-3-1-10(2-4-12)18(19)20/h1-8H,9H2. The van der Waals surface area contributed by atoms with E-state index < -0.39 is 17.7 Å². The first kappa shape index (κ1) is 15.6. The van der Waals surface area contributed by atoms with Crippen LogP contribution in [0.5, 0.6) is 17.2 Å². The monoisotopic (exact) mass is 313 g/mol. The van der Waals surface area contributed by atoms with Gasteiger partial charge >= 0.3 is 6.18 Å². The summed E-state index contributed by atoms with van der Waals surface area (Å²) in [7, 11) is 0. The zero-order valence-electron chi connectivity index (χ0n) is 11.0. The molecule has 2 aromatic carbocycles. The second kappa shape index (κ2) is 6.33. The van der Waals surface area contributed by atoms with Crippen LogP contribution in [0.25, 0.3) is 0 Å². The number of nitro groups is 1. The van der Waals surface area contributed by atoms with Gasteiger partial charge in [-0.2, -0.15) is 13.2 Å². The minimum absolute atomic E-state index is 0.0633. The Morgan fingerprint density at radius 2 is 1.36 bits per heavy atom. The average molecular weight is 313 g/mol. The fourth-order valence-electron chi connectivity index (χ4n) is 1.54. The number of nitrogens with zero attached hydrogens (tertiary/aromatic N) is 1. The van der Waals surface area contributed by atoms with Gasteiger partial charge in [0.2, 0.25) is 0 Å². The molecule has 0 saturated heterocycles. The molecule has 2 aromatic rings. The third kappa shape index (κ3) is 4.65. The molecule has 0 amide bonds. The van der Waals surface area contributed by atoms with Gasteiger partial charge in [0.15, 0.2) is 6.61 Å². The van der Waals surface area contributed by atoms with Crippen molar-refractivity contribution in [2.75, 3.05) is 6.61 Å². The SMILES string of the molecule is O=[N+]([O-])c1ccc(Oc2ccc(OCC(F)(F)F)cc2)cc1. The molecule has 0 fully saturated rings. The molecule has 116 valence electrons. The summed E-state index contributed by atoms with van der Waals surface area (Å²) < 4.78 is 46.0. The Hall–Kier alpha value is -2.77. The molecular formula is C14H10F3NO4. The van der Waals surface area contributed by atoms with Crippen molar-refractivity contribution in [1.82, 2.24) is 0 Å². The molecule has 0 aliphatic carbocycles. The summed E-state index contributed by atoms with van der Waals surface area (Å²) in [6.07, 6.45) is -4.39. The highest BCUT2D eigenvalue weighted by Gasteiger charge is 2.28. The van der Waals surface area contributed by atoms with E-state index in [0.717, 1.165) is 0 Å². The molecule has 0 N–H and O–H groups in total. The molecule has 0 aromatic heterocycles. The van der Waals surface area contributed by atoms with Crippen molar-refractivity contribution in [3.05, 3.63) is 58.6 Å². The van der Waals surface area contributed by atoms with Gasteiger partial charge in [-0.05, 0) is 36.4 Å². The number of hydrogen-bond acceptors (Lipinski definition) is 4. The highest BCUT2D eigenvalue weighted by molar-refractivity contribution is 5.39. The van der Waals surface area contributed by atoms with Crippen LogP contribution in [-0.4, -0.2) is 17.7 Å². The molecule has 0 aliphatic rings. The Morgan fingerprint density at radius 3 is 1.82 bits per heavy atom. The Labute approximate surface area is 123 Å². The minimum atomic E-state index is -4.39. The van der Waals surface area contributed by atoms with Crippen molar-refractivity contribution in [3.8, 4) is 17.2 Å². The Bertz CT molecular complexity index is 639. The molecule has 2 rings (SSSR count). The summed E-state index contributed by atoms with van der Waals surface area (Å²) in [5, 5.41) is 10.5. The number of hydrogen-bond donors (Lipinski definition) is 0. The van der Waals surface area contributed by atoms with Gasteiger partial charge in [0, 0.05) is 12.1 Å². The summed E-state index contributed by atoms with van der Waals surface area (Å²) in [5.74, 6) is 0.802. The van der Waals surface area contributed by atoms with E-state index in [-0.39, 0.29) is 11.4 Å². The number of halogens is 3. The molecule has 0 bridgehead atoms. The van der Waals surface area contributed by atoms with E-state index in [1.807, 2.05) is 0 Å². The number of benzene rings is 2. The Morgan fingerprint density at radius 1 is 0.909 bits per heavy atom. The Balaban J connectivity index is 1.97. The molecular weight excluding hydrogens is 303 g/mol. The highest BCUT2D eigenvalue weighted by Crippen LogP contribution is 2.26. The van der Waals surface area contributed by atoms with E-state index in [1.165, 1.54) is 48.5 Å². The van der Waals surface area contributed by atoms with Crippen LogP contribution in [0.15, 0.2) is 48.5 Å². The van der Waals surface area contributed by atoms with Crippen molar-refractivity contribution >= 4 is 5.69 Å². The molecule has 0 saturated carbocycles. The van der Waals surface area contributed by atoms with Crippen LogP contribution in [0.4, 0.5) is 18.9 Å². The number of nitro benzene ring substituents is 1. The van der Waals surface area contributed by atoms with E-state index in [0.29, 0.717) is 11.5 Å². The van der Waals surface area contributed by atoms with Gasteiger partial charge in [-0.25, -0.2) is 0 Å². The summed E-state index contributed by atoms with van der Waals surface area (Å²) in [6, 6.07) is 11.0. The maximum Gasteiger partial charge on any atom is 0.422 e. The predicted octanol–water partition coefficient (Wildman–Crippen LogP) is 4.33. The molecule has 22 heavy (non-hydrogen) atoms. The van der Waals surface area contributed by atoms with Gasteiger partial charge < -0.3 is 9.47 Å². The van der Waals surface area contributed by atoms with E-state index in [9.17, 15) is 23.3 Å². The van der Waals surface area contributed by atoms with Crippen molar-refractivity contribution in [2.24, 2.45) is 0 Å². The second-order valence-electron chi connectivity index (χ2n) is 4.23. The van der Waals surface area contributed by atoms with E-state index in [2.05, 4.69) is 4.74 Å². The number of ether oxygens (including phenoxy) is 2. The minimum Gasteiger partial charge on any atom is -0.484 e. The maximum atomic E-state index is 12.0. The molecule has 8 heteroatoms. The van der Waals surface area contributed by atoms with E-state index in [4.69, 9.17) is 4.74 Å². The van der Waals surface area contributed by atoms with Crippen molar-refractivity contribution in [3.63, 3.8) is 0 Å². The van der Waals surface area contributed by atoms with Gasteiger partial charge in [0.25, 0.3) is 5.69 Å². The zero-order chi connectivity index (χ0) is 16.2. The molecule has 0 radical (unpaired) electrons. The van der Waals surface area contributed by atoms with E-state index in [1.54, 1.807) is 0 Å². The van der Waals surface area contributed by atoms with Crippen LogP contribution in [0.2, 0.25) is 0 Å². The molecule has 0 unspecified atom stereocenters. The van der Waals surface area contributed by atoms with E-state index >= 15 is 0 Å². The lowest BCUT2D eigenvalue weighted by Gasteiger charge is -2.10. The second-order valence-corrected chi connectivity index (χ2v) is 4.23. The largest absolute Gasteiger partial charge is 0.484 e. The zero-order valence-corrected chi connectivity index (χ0v) is 11.0. The third-order valence-corrected chi connectivity index (χ3v) is 2.51. The summed E-state index contributed by atoms with van der Waals surface area (Å²) in [5.41, 5.74) is -0.0664. The smallest absolute Gasteiger partial charge is 0.422 e. The van der Waals surface area contributed by atoms with Crippen LogP contribution < -0.4 is 9.47 Å². The fourth-order valence-corrected chi connectivity index (χ4v) is 1.54. The fraction of sp³-hybridized carbons (Fsp3) is 0.143. The Kier molecular flexibility index (Phi) is 4.50. The van der Waals surface area contributed by atoms with Crippen LogP contribution in [0, 0.1) is 10.1 Å². The quantitative estimate of drug-likeness (QED) is 0.609. The van der Waals surface area contributed by atoms with Gasteiger partial charge in [-0.3, -0.25) is 10.1 Å². The lowest BCUT2D eigenvalue weighted by molar-refractivity contribution is -0.384. The van der Waals surface area contributed by atoms with Crippen molar-refractivity contribution < 1.29 is 27.6 Å². The van der Waals surface area contributed by atoms with Crippen LogP contribution in [-0.2, 0) is 0 Å². The van der Waals surface area contributed by atoms with Gasteiger partial charge in [0.1, 0.15) is 17.2 Å². The summed E-state index contributed by atoms with van der Waals surface area (Å²) in [6.45, 7) is -1.37. The first-order chi connectivity index (χ1) is 10.3. The third-order valence-electron chi connectivity index (χ3n) is 2.51. The van der Waals surface area contributed by atoms with Crippen LogP contribution in [0.1, 0.15) is 0 Å². The summed E-state index contributed by atoms with van der Waals surface area (Å²) >= 11 is 0. The van der Waals surface area contributed by atoms with Crippen LogP contribution >= 0.6 is 0 Å². The molecule has 0 spiro atoms. The predicted molar refractivity (Wildman–Crippen MR) is 71.2 cm³/mol. The number of rotatable bonds is 5. The number of alkyl halides is 3. The van der Waals surface area contributed by atoms with Crippen molar-refractivity contribution in [2.45, 2.75) is 6.18 Å².